The van der Waals surface area contributed by atoms with Crippen molar-refractivity contribution in [3.8, 4) is 0 Å². The molecule has 0 radical (unpaired) electrons. The number of nitrogens with zero attached hydrogens (tertiary/aromatic N) is 2. The van der Waals surface area contributed by atoms with Crippen molar-refractivity contribution in [1.29, 1.82) is 0 Å². The number of carbonyl (C=O) groups is 2. The largest absolute Gasteiger partial charge is 0.471 e. The predicted octanol–water partition coefficient (Wildman–Crippen LogP) is 6.96. The minimum atomic E-state index is -4.96. The Labute approximate surface area is 230 Å². The number of ether oxygens (including phenoxy) is 1. The molecule has 1 aliphatic carbocycles. The van der Waals surface area contributed by atoms with Crippen LogP contribution in [0.5, 0.6) is 0 Å². The fraction of sp³-hybridized carbons (Fsp3) is 0.517. The van der Waals surface area contributed by atoms with Gasteiger partial charge in [-0.1, -0.05) is 58.4 Å². The highest BCUT2D eigenvalue weighted by Gasteiger charge is 2.54. The van der Waals surface area contributed by atoms with E-state index in [1.165, 1.54) is 0 Å². The van der Waals surface area contributed by atoms with Crippen molar-refractivity contribution in [3.05, 3.63) is 70.2 Å². The van der Waals surface area contributed by atoms with E-state index in [-0.39, 0.29) is 12.5 Å². The first-order chi connectivity index (χ1) is 17.8. The highest BCUT2D eigenvalue weighted by molar-refractivity contribution is 9.10. The first kappa shape index (κ1) is 28.5. The van der Waals surface area contributed by atoms with Crippen molar-refractivity contribution >= 4 is 27.9 Å². The lowest BCUT2D eigenvalue weighted by Gasteiger charge is -2.45. The normalized spacial score (nSPS) is 21.1. The standard InChI is InChI=1S/C29H34BrF3N2O3/c1-27(2,3)38-26(37)34-14-12-28(13-15-34,18-20-8-7-11-22(30)16-20)19-35(25(36)29(31,32)33)24-17-23(24)21-9-5-4-6-10-21/h4-11,16,23-24H,12-15,17-19H2,1-3H3/t23-,24+/m0/s1. The predicted molar refractivity (Wildman–Crippen MR) is 143 cm³/mol. The van der Waals surface area contributed by atoms with Crippen LogP contribution in [-0.2, 0) is 16.0 Å². The summed E-state index contributed by atoms with van der Waals surface area (Å²) in [5.41, 5.74) is 0.651. The number of benzene rings is 2. The van der Waals surface area contributed by atoms with Crippen molar-refractivity contribution in [2.24, 2.45) is 5.41 Å². The SMILES string of the molecule is CC(C)(C)OC(=O)N1CCC(Cc2cccc(Br)c2)(CN(C(=O)C(F)(F)F)[C@@H]2C[C@H]2c2ccccc2)CC1. The van der Waals surface area contributed by atoms with Crippen molar-refractivity contribution in [3.63, 3.8) is 0 Å². The average molecular weight is 596 g/mol. The van der Waals surface area contributed by atoms with Gasteiger partial charge >= 0.3 is 18.2 Å². The summed E-state index contributed by atoms with van der Waals surface area (Å²) >= 11 is 3.49. The fourth-order valence-electron chi connectivity index (χ4n) is 5.41. The van der Waals surface area contributed by atoms with Gasteiger partial charge in [0.15, 0.2) is 0 Å². The Morgan fingerprint density at radius 3 is 2.29 bits per heavy atom. The molecule has 0 spiro atoms. The van der Waals surface area contributed by atoms with E-state index in [4.69, 9.17) is 4.74 Å². The Balaban J connectivity index is 1.60. The van der Waals surface area contributed by atoms with Gasteiger partial charge in [0.1, 0.15) is 5.60 Å². The summed E-state index contributed by atoms with van der Waals surface area (Å²) in [7, 11) is 0. The summed E-state index contributed by atoms with van der Waals surface area (Å²) in [4.78, 5) is 28.2. The van der Waals surface area contributed by atoms with Gasteiger partial charge in [-0.15, -0.1) is 0 Å². The number of halogens is 4. The second-order valence-corrected chi connectivity index (χ2v) is 12.4. The molecule has 1 saturated heterocycles. The van der Waals surface area contributed by atoms with E-state index in [0.29, 0.717) is 38.8 Å². The molecule has 1 heterocycles. The number of likely N-dealkylation sites (tertiary alicyclic amines) is 1. The summed E-state index contributed by atoms with van der Waals surface area (Å²) in [6, 6.07) is 16.6. The molecule has 1 saturated carbocycles. The number of piperidine rings is 1. The second-order valence-electron chi connectivity index (χ2n) is 11.5. The smallest absolute Gasteiger partial charge is 0.444 e. The molecule has 38 heavy (non-hydrogen) atoms. The van der Waals surface area contributed by atoms with E-state index in [1.807, 2.05) is 54.6 Å². The third kappa shape index (κ3) is 7.10. The van der Waals surface area contributed by atoms with Crippen LogP contribution in [0.3, 0.4) is 0 Å². The van der Waals surface area contributed by atoms with Gasteiger partial charge in [-0.05, 0) is 75.1 Å². The zero-order chi connectivity index (χ0) is 27.7. The summed E-state index contributed by atoms with van der Waals surface area (Å²) in [5.74, 6) is -1.91. The van der Waals surface area contributed by atoms with Crippen molar-refractivity contribution in [1.82, 2.24) is 9.80 Å². The van der Waals surface area contributed by atoms with Gasteiger partial charge in [0.25, 0.3) is 0 Å². The van der Waals surface area contributed by atoms with E-state index >= 15 is 0 Å². The molecule has 206 valence electrons. The van der Waals surface area contributed by atoms with Crippen LogP contribution in [0.2, 0.25) is 0 Å². The van der Waals surface area contributed by atoms with E-state index in [1.54, 1.807) is 25.7 Å². The summed E-state index contributed by atoms with van der Waals surface area (Å²) in [5, 5.41) is 0. The number of amides is 2. The third-order valence-corrected chi connectivity index (χ3v) is 7.83. The minimum Gasteiger partial charge on any atom is -0.444 e. The molecule has 1 aliphatic heterocycles. The monoisotopic (exact) mass is 594 g/mol. The maximum Gasteiger partial charge on any atom is 0.471 e. The van der Waals surface area contributed by atoms with Gasteiger partial charge in [-0.3, -0.25) is 4.79 Å². The van der Waals surface area contributed by atoms with Gasteiger partial charge in [0.05, 0.1) is 0 Å². The quantitative estimate of drug-likeness (QED) is 0.363. The van der Waals surface area contributed by atoms with Crippen LogP contribution in [0.25, 0.3) is 0 Å². The summed E-state index contributed by atoms with van der Waals surface area (Å²) < 4.78 is 47.9. The average Bonchev–Trinajstić information content (AvgIpc) is 3.62. The molecule has 2 atom stereocenters. The van der Waals surface area contributed by atoms with E-state index in [2.05, 4.69) is 15.9 Å². The molecule has 2 aromatic rings. The lowest BCUT2D eigenvalue weighted by atomic mass is 9.73. The van der Waals surface area contributed by atoms with Crippen LogP contribution in [0.4, 0.5) is 18.0 Å². The molecule has 2 fully saturated rings. The van der Waals surface area contributed by atoms with Crippen LogP contribution < -0.4 is 0 Å². The maximum atomic E-state index is 13.8. The van der Waals surface area contributed by atoms with Crippen molar-refractivity contribution in [2.75, 3.05) is 19.6 Å². The number of alkyl halides is 3. The molecule has 0 aromatic heterocycles. The van der Waals surface area contributed by atoms with Crippen LogP contribution in [-0.4, -0.2) is 59.3 Å². The van der Waals surface area contributed by atoms with Crippen LogP contribution in [0.15, 0.2) is 59.1 Å². The fourth-order valence-corrected chi connectivity index (χ4v) is 5.86. The van der Waals surface area contributed by atoms with Gasteiger partial charge < -0.3 is 14.5 Å². The summed E-state index contributed by atoms with van der Waals surface area (Å²) in [6.07, 6.45) is -3.46. The van der Waals surface area contributed by atoms with Crippen LogP contribution in [0.1, 0.15) is 57.1 Å². The van der Waals surface area contributed by atoms with Crippen molar-refractivity contribution in [2.45, 2.75) is 70.2 Å². The molecular formula is C29H34BrF3N2O3. The Bertz CT molecular complexity index is 1140. The Morgan fingerprint density at radius 2 is 1.71 bits per heavy atom. The number of carbonyl (C=O) groups excluding carboxylic acids is 2. The first-order valence-electron chi connectivity index (χ1n) is 12.9. The van der Waals surface area contributed by atoms with E-state index < -0.39 is 35.2 Å². The van der Waals surface area contributed by atoms with Crippen LogP contribution >= 0.6 is 15.9 Å². The molecule has 2 amide bonds. The van der Waals surface area contributed by atoms with Gasteiger partial charge in [0.2, 0.25) is 0 Å². The zero-order valence-electron chi connectivity index (χ0n) is 21.9. The minimum absolute atomic E-state index is 0.0198. The zero-order valence-corrected chi connectivity index (χ0v) is 23.5. The number of hydrogen-bond acceptors (Lipinski definition) is 3. The number of hydrogen-bond donors (Lipinski definition) is 0. The molecule has 9 heteroatoms. The van der Waals surface area contributed by atoms with Gasteiger partial charge in [0, 0.05) is 36.1 Å². The maximum absolute atomic E-state index is 13.8. The number of rotatable bonds is 6. The highest BCUT2D eigenvalue weighted by atomic mass is 79.9. The first-order valence-corrected chi connectivity index (χ1v) is 13.7. The van der Waals surface area contributed by atoms with Gasteiger partial charge in [-0.2, -0.15) is 13.2 Å². The van der Waals surface area contributed by atoms with Crippen LogP contribution in [0, 0.1) is 5.41 Å². The van der Waals surface area contributed by atoms with Gasteiger partial charge in [-0.25, -0.2) is 4.79 Å². The molecule has 4 rings (SSSR count). The summed E-state index contributed by atoms with van der Waals surface area (Å²) in [6.45, 7) is 6.07. The Hall–Kier alpha value is -2.55. The molecule has 2 aliphatic rings. The molecule has 5 nitrogen and oxygen atoms in total. The van der Waals surface area contributed by atoms with Crippen molar-refractivity contribution < 1.29 is 27.5 Å². The Kier molecular flexibility index (Phi) is 8.17. The topological polar surface area (TPSA) is 49.9 Å². The second kappa shape index (κ2) is 10.9. The molecule has 0 bridgehead atoms. The molecule has 0 N–H and O–H groups in total. The lowest BCUT2D eigenvalue weighted by Crippen LogP contribution is -2.53. The van der Waals surface area contributed by atoms with E-state index in [9.17, 15) is 22.8 Å². The molecule has 2 aromatic carbocycles. The molecular weight excluding hydrogens is 561 g/mol. The lowest BCUT2D eigenvalue weighted by molar-refractivity contribution is -0.188. The van der Waals surface area contributed by atoms with E-state index in [0.717, 1.165) is 20.5 Å². The molecule has 0 unspecified atom stereocenters. The Morgan fingerprint density at radius 1 is 1.05 bits per heavy atom. The highest BCUT2D eigenvalue weighted by Crippen LogP contribution is 2.48. The third-order valence-electron chi connectivity index (χ3n) is 7.34.